The molecule has 0 amide bonds. The lowest BCUT2D eigenvalue weighted by Crippen LogP contribution is -2.15. The fourth-order valence-electron chi connectivity index (χ4n) is 2.06. The van der Waals surface area contributed by atoms with Crippen LogP contribution >= 0.6 is 11.8 Å². The van der Waals surface area contributed by atoms with Crippen molar-refractivity contribution in [2.45, 2.75) is 49.5 Å². The van der Waals surface area contributed by atoms with E-state index in [2.05, 4.69) is 24.0 Å². The van der Waals surface area contributed by atoms with Gasteiger partial charge in [-0.05, 0) is 50.8 Å². The van der Waals surface area contributed by atoms with Crippen molar-refractivity contribution in [1.82, 2.24) is 4.98 Å². The average Bonchev–Trinajstić information content (AvgIpc) is 2.50. The molecule has 0 bridgehead atoms. The van der Waals surface area contributed by atoms with Crippen LogP contribution < -0.4 is 0 Å². The van der Waals surface area contributed by atoms with E-state index in [1.54, 1.807) is 11.8 Å². The summed E-state index contributed by atoms with van der Waals surface area (Å²) < 4.78 is 0. The number of nitrogens with zero attached hydrogens (tertiary/aromatic N) is 1. The molecule has 1 aliphatic rings. The van der Waals surface area contributed by atoms with Crippen molar-refractivity contribution in [3.8, 4) is 0 Å². The summed E-state index contributed by atoms with van der Waals surface area (Å²) in [5.41, 5.74) is 2.31. The Bertz CT molecular complexity index is 333. The third-order valence-electron chi connectivity index (χ3n) is 2.76. The van der Waals surface area contributed by atoms with Crippen LogP contribution in [0.4, 0.5) is 0 Å². The van der Waals surface area contributed by atoms with Gasteiger partial charge in [-0.1, -0.05) is 0 Å². The molecule has 1 saturated carbocycles. The average molecular weight is 223 g/mol. The maximum Gasteiger partial charge on any atom is 0.0969 e. The highest BCUT2D eigenvalue weighted by molar-refractivity contribution is 7.99. The summed E-state index contributed by atoms with van der Waals surface area (Å²) in [6.45, 7) is 4.10. The van der Waals surface area contributed by atoms with E-state index >= 15 is 0 Å². The highest BCUT2D eigenvalue weighted by Gasteiger charge is 2.26. The molecule has 0 aliphatic heterocycles. The molecule has 1 aromatic rings. The van der Waals surface area contributed by atoms with E-state index < -0.39 is 0 Å². The van der Waals surface area contributed by atoms with Gasteiger partial charge in [0.2, 0.25) is 0 Å². The van der Waals surface area contributed by atoms with E-state index in [1.165, 1.54) is 5.56 Å². The lowest BCUT2D eigenvalue weighted by Gasteiger charge is -2.13. The Morgan fingerprint density at radius 3 is 2.73 bits per heavy atom. The molecule has 82 valence electrons. The van der Waals surface area contributed by atoms with Gasteiger partial charge in [-0.25, -0.2) is 4.98 Å². The zero-order valence-corrected chi connectivity index (χ0v) is 10.0. The Balaban J connectivity index is 2.10. The molecule has 1 N–H and O–H groups in total. The number of aryl methyl sites for hydroxylation is 2. The highest BCUT2D eigenvalue weighted by atomic mass is 32.2. The molecule has 0 spiro atoms. The van der Waals surface area contributed by atoms with Gasteiger partial charge in [0.1, 0.15) is 0 Å². The molecule has 0 aromatic carbocycles. The summed E-state index contributed by atoms with van der Waals surface area (Å²) in [5.74, 6) is 0. The standard InChI is InChI=1S/C12H17NOS/c1-8-6-9(2)13-12(7-8)15-11-5-3-4-10(11)14/h6-7,10-11,14H,3-5H2,1-2H3/t10-,11-/m1/s1. The van der Waals surface area contributed by atoms with Crippen LogP contribution in [-0.2, 0) is 0 Å². The SMILES string of the molecule is Cc1cc(C)nc(S[C@@H]2CCC[C@H]2O)c1. The summed E-state index contributed by atoms with van der Waals surface area (Å²) in [4.78, 5) is 4.48. The van der Waals surface area contributed by atoms with Gasteiger partial charge in [0.15, 0.2) is 0 Å². The number of hydrogen-bond donors (Lipinski definition) is 1. The highest BCUT2D eigenvalue weighted by Crippen LogP contribution is 2.34. The molecule has 0 saturated heterocycles. The molecule has 1 aliphatic carbocycles. The van der Waals surface area contributed by atoms with Crippen molar-refractivity contribution in [2.75, 3.05) is 0 Å². The Hall–Kier alpha value is -0.540. The van der Waals surface area contributed by atoms with Crippen molar-refractivity contribution in [1.29, 1.82) is 0 Å². The van der Waals surface area contributed by atoms with E-state index in [-0.39, 0.29) is 6.10 Å². The van der Waals surface area contributed by atoms with Gasteiger partial charge in [-0.2, -0.15) is 0 Å². The number of rotatable bonds is 2. The molecule has 1 fully saturated rings. The Labute approximate surface area is 95.1 Å². The molecular weight excluding hydrogens is 206 g/mol. The molecule has 2 rings (SSSR count). The van der Waals surface area contributed by atoms with Crippen molar-refractivity contribution >= 4 is 11.8 Å². The van der Waals surface area contributed by atoms with E-state index in [0.29, 0.717) is 5.25 Å². The predicted octanol–water partition coefficient (Wildman–Crippen LogP) is 2.70. The predicted molar refractivity (Wildman–Crippen MR) is 63.2 cm³/mol. The van der Waals surface area contributed by atoms with Crippen LogP contribution in [0.5, 0.6) is 0 Å². The number of aliphatic hydroxyl groups excluding tert-OH is 1. The summed E-state index contributed by atoms with van der Waals surface area (Å²) in [5, 5.41) is 11.1. The number of pyridine rings is 1. The third kappa shape index (κ3) is 2.73. The fourth-order valence-corrected chi connectivity index (χ4v) is 3.40. The summed E-state index contributed by atoms with van der Waals surface area (Å²) in [6.07, 6.45) is 3.06. The number of hydrogen-bond acceptors (Lipinski definition) is 3. The second-order valence-electron chi connectivity index (χ2n) is 4.28. The lowest BCUT2D eigenvalue weighted by atomic mass is 10.3. The fraction of sp³-hybridized carbons (Fsp3) is 0.583. The van der Waals surface area contributed by atoms with Crippen LogP contribution in [0.3, 0.4) is 0 Å². The smallest absolute Gasteiger partial charge is 0.0969 e. The minimum absolute atomic E-state index is 0.141. The second kappa shape index (κ2) is 4.54. The van der Waals surface area contributed by atoms with Crippen molar-refractivity contribution in [3.05, 3.63) is 23.4 Å². The Morgan fingerprint density at radius 1 is 1.33 bits per heavy atom. The van der Waals surface area contributed by atoms with E-state index in [4.69, 9.17) is 0 Å². The van der Waals surface area contributed by atoms with Crippen molar-refractivity contribution in [2.24, 2.45) is 0 Å². The van der Waals surface area contributed by atoms with Crippen LogP contribution in [0, 0.1) is 13.8 Å². The van der Waals surface area contributed by atoms with Crippen LogP contribution in [0.2, 0.25) is 0 Å². The van der Waals surface area contributed by atoms with Crippen LogP contribution in [-0.4, -0.2) is 21.4 Å². The molecule has 3 heteroatoms. The van der Waals surface area contributed by atoms with Gasteiger partial charge >= 0.3 is 0 Å². The molecule has 1 aromatic heterocycles. The van der Waals surface area contributed by atoms with Crippen LogP contribution in [0.25, 0.3) is 0 Å². The molecule has 1 heterocycles. The quantitative estimate of drug-likeness (QED) is 0.837. The first-order chi connectivity index (χ1) is 7.15. The molecular formula is C12H17NOS. The van der Waals surface area contributed by atoms with Crippen LogP contribution in [0.1, 0.15) is 30.5 Å². The number of thioether (sulfide) groups is 1. The van der Waals surface area contributed by atoms with Gasteiger partial charge in [0, 0.05) is 10.9 Å². The van der Waals surface area contributed by atoms with E-state index in [0.717, 1.165) is 30.0 Å². The topological polar surface area (TPSA) is 33.1 Å². The summed E-state index contributed by atoms with van der Waals surface area (Å²) in [7, 11) is 0. The van der Waals surface area contributed by atoms with Gasteiger partial charge in [-0.3, -0.25) is 0 Å². The van der Waals surface area contributed by atoms with Gasteiger partial charge in [0.25, 0.3) is 0 Å². The largest absolute Gasteiger partial charge is 0.392 e. The van der Waals surface area contributed by atoms with E-state index in [1.807, 2.05) is 6.92 Å². The molecule has 2 nitrogen and oxygen atoms in total. The second-order valence-corrected chi connectivity index (χ2v) is 5.54. The first-order valence-corrected chi connectivity index (χ1v) is 6.33. The summed E-state index contributed by atoms with van der Waals surface area (Å²) >= 11 is 1.73. The minimum atomic E-state index is -0.141. The normalized spacial score (nSPS) is 25.8. The number of aliphatic hydroxyl groups is 1. The van der Waals surface area contributed by atoms with Gasteiger partial charge < -0.3 is 5.11 Å². The monoisotopic (exact) mass is 223 g/mol. The zero-order chi connectivity index (χ0) is 10.8. The molecule has 0 radical (unpaired) electrons. The molecule has 15 heavy (non-hydrogen) atoms. The third-order valence-corrected chi connectivity index (χ3v) is 4.07. The van der Waals surface area contributed by atoms with Crippen molar-refractivity contribution < 1.29 is 5.11 Å². The lowest BCUT2D eigenvalue weighted by molar-refractivity contribution is 0.188. The molecule has 2 atom stereocenters. The maximum absolute atomic E-state index is 9.74. The van der Waals surface area contributed by atoms with Gasteiger partial charge in [-0.15, -0.1) is 11.8 Å². The Morgan fingerprint density at radius 2 is 2.13 bits per heavy atom. The van der Waals surface area contributed by atoms with Crippen molar-refractivity contribution in [3.63, 3.8) is 0 Å². The minimum Gasteiger partial charge on any atom is -0.392 e. The first-order valence-electron chi connectivity index (χ1n) is 5.45. The van der Waals surface area contributed by atoms with Crippen LogP contribution in [0.15, 0.2) is 17.2 Å². The zero-order valence-electron chi connectivity index (χ0n) is 9.23. The van der Waals surface area contributed by atoms with E-state index in [9.17, 15) is 5.11 Å². The summed E-state index contributed by atoms with van der Waals surface area (Å²) in [6, 6.07) is 4.18. The van der Waals surface area contributed by atoms with Gasteiger partial charge in [0.05, 0.1) is 11.1 Å². The number of aromatic nitrogens is 1. The maximum atomic E-state index is 9.74. The first kappa shape index (κ1) is 11.0. The molecule has 0 unspecified atom stereocenters. The Kier molecular flexibility index (Phi) is 3.32.